The van der Waals surface area contributed by atoms with Gasteiger partial charge in [0.1, 0.15) is 11.5 Å². The zero-order valence-electron chi connectivity index (χ0n) is 17.7. The molecule has 3 aromatic rings. The van der Waals surface area contributed by atoms with Crippen molar-refractivity contribution in [2.45, 2.75) is 19.4 Å². The predicted octanol–water partition coefficient (Wildman–Crippen LogP) is 3.29. The van der Waals surface area contributed by atoms with E-state index in [9.17, 15) is 4.79 Å². The van der Waals surface area contributed by atoms with Crippen LogP contribution in [-0.4, -0.2) is 43.4 Å². The summed E-state index contributed by atoms with van der Waals surface area (Å²) in [7, 11) is 3.22. The number of carbonyl (C=O) groups is 1. The van der Waals surface area contributed by atoms with Crippen LogP contribution in [0.4, 0.5) is 6.01 Å². The van der Waals surface area contributed by atoms with Crippen molar-refractivity contribution in [2.75, 3.05) is 32.2 Å². The molecule has 1 aromatic heterocycles. The summed E-state index contributed by atoms with van der Waals surface area (Å²) in [5.41, 5.74) is 1.80. The minimum absolute atomic E-state index is 0.0444. The Morgan fingerprint density at radius 2 is 1.87 bits per heavy atom. The molecule has 1 aliphatic heterocycles. The summed E-state index contributed by atoms with van der Waals surface area (Å²) in [6.07, 6.45) is 1.46. The fourth-order valence-corrected chi connectivity index (χ4v) is 3.70. The molecule has 162 valence electrons. The van der Waals surface area contributed by atoms with Gasteiger partial charge in [0.05, 0.1) is 14.2 Å². The molecule has 4 rings (SSSR count). The molecule has 1 N–H and O–H groups in total. The molecule has 0 saturated carbocycles. The van der Waals surface area contributed by atoms with Gasteiger partial charge in [-0.25, -0.2) is 0 Å². The highest BCUT2D eigenvalue weighted by molar-refractivity contribution is 5.79. The van der Waals surface area contributed by atoms with E-state index in [0.29, 0.717) is 37.3 Å². The van der Waals surface area contributed by atoms with E-state index in [1.54, 1.807) is 14.2 Å². The van der Waals surface area contributed by atoms with Gasteiger partial charge >= 0.3 is 6.01 Å². The number of aromatic nitrogens is 2. The molecular weight excluding hydrogens is 396 g/mol. The Hall–Kier alpha value is -3.55. The largest absolute Gasteiger partial charge is 0.497 e. The quantitative estimate of drug-likeness (QED) is 0.625. The van der Waals surface area contributed by atoms with E-state index in [-0.39, 0.29) is 11.8 Å². The van der Waals surface area contributed by atoms with Gasteiger partial charge in [-0.3, -0.25) is 4.79 Å². The number of nitrogens with one attached hydrogen (secondary N) is 1. The number of nitrogens with zero attached hydrogens (tertiary/aromatic N) is 3. The maximum atomic E-state index is 12.7. The van der Waals surface area contributed by atoms with Gasteiger partial charge in [0.15, 0.2) is 0 Å². The molecule has 0 radical (unpaired) electrons. The molecule has 0 unspecified atom stereocenters. The minimum atomic E-state index is -0.0444. The SMILES string of the molecule is COc1ccc(CNC(=O)C2CCN(c3nnc(-c4ccccc4)o3)CC2)c(OC)c1. The number of benzene rings is 2. The molecule has 31 heavy (non-hydrogen) atoms. The molecule has 1 fully saturated rings. The second-order valence-corrected chi connectivity index (χ2v) is 7.41. The maximum absolute atomic E-state index is 12.7. The Morgan fingerprint density at radius 3 is 2.58 bits per heavy atom. The van der Waals surface area contributed by atoms with Gasteiger partial charge < -0.3 is 24.1 Å². The number of rotatable bonds is 7. The number of ether oxygens (including phenoxy) is 2. The zero-order valence-corrected chi connectivity index (χ0v) is 17.7. The van der Waals surface area contributed by atoms with Crippen LogP contribution in [0.5, 0.6) is 11.5 Å². The average molecular weight is 422 g/mol. The molecule has 0 atom stereocenters. The van der Waals surface area contributed by atoms with Crippen molar-refractivity contribution in [2.24, 2.45) is 5.92 Å². The summed E-state index contributed by atoms with van der Waals surface area (Å²) in [5, 5.41) is 11.4. The van der Waals surface area contributed by atoms with Crippen LogP contribution in [0.2, 0.25) is 0 Å². The number of anilines is 1. The van der Waals surface area contributed by atoms with E-state index in [1.165, 1.54) is 0 Å². The second kappa shape index (κ2) is 9.51. The van der Waals surface area contributed by atoms with Crippen molar-refractivity contribution < 1.29 is 18.7 Å². The molecule has 0 aliphatic carbocycles. The highest BCUT2D eigenvalue weighted by Crippen LogP contribution is 2.27. The predicted molar refractivity (Wildman–Crippen MR) is 116 cm³/mol. The van der Waals surface area contributed by atoms with Crippen LogP contribution < -0.4 is 19.7 Å². The van der Waals surface area contributed by atoms with Crippen LogP contribution in [0, 0.1) is 5.92 Å². The van der Waals surface area contributed by atoms with Crippen molar-refractivity contribution >= 4 is 11.9 Å². The van der Waals surface area contributed by atoms with Gasteiger partial charge in [0, 0.05) is 42.7 Å². The lowest BCUT2D eigenvalue weighted by Gasteiger charge is -2.29. The average Bonchev–Trinajstić information content (AvgIpc) is 3.33. The molecular formula is C23H26N4O4. The zero-order chi connectivity index (χ0) is 21.6. The normalized spacial score (nSPS) is 14.3. The Kier molecular flexibility index (Phi) is 6.35. The van der Waals surface area contributed by atoms with Crippen LogP contribution in [0.15, 0.2) is 52.9 Å². The number of hydrogen-bond donors (Lipinski definition) is 1. The van der Waals surface area contributed by atoms with Gasteiger partial charge in [-0.2, -0.15) is 0 Å². The number of hydrogen-bond acceptors (Lipinski definition) is 7. The van der Waals surface area contributed by atoms with Gasteiger partial charge in [-0.05, 0) is 37.1 Å². The van der Waals surface area contributed by atoms with E-state index in [0.717, 1.165) is 29.7 Å². The van der Waals surface area contributed by atoms with Crippen molar-refractivity contribution in [1.82, 2.24) is 15.5 Å². The minimum Gasteiger partial charge on any atom is -0.497 e. The van der Waals surface area contributed by atoms with Crippen molar-refractivity contribution in [3.05, 3.63) is 54.1 Å². The molecule has 0 spiro atoms. The molecule has 8 heteroatoms. The molecule has 2 heterocycles. The van der Waals surface area contributed by atoms with E-state index in [4.69, 9.17) is 13.9 Å². The number of amides is 1. The lowest BCUT2D eigenvalue weighted by atomic mass is 9.96. The monoisotopic (exact) mass is 422 g/mol. The highest BCUT2D eigenvalue weighted by Gasteiger charge is 2.27. The fourth-order valence-electron chi connectivity index (χ4n) is 3.70. The van der Waals surface area contributed by atoms with Gasteiger partial charge in [-0.15, -0.1) is 5.10 Å². The second-order valence-electron chi connectivity index (χ2n) is 7.41. The highest BCUT2D eigenvalue weighted by atomic mass is 16.5. The van der Waals surface area contributed by atoms with Crippen molar-refractivity contribution in [1.29, 1.82) is 0 Å². The van der Waals surface area contributed by atoms with Gasteiger partial charge in [0.2, 0.25) is 11.8 Å². The molecule has 1 amide bonds. The van der Waals surface area contributed by atoms with Crippen LogP contribution in [-0.2, 0) is 11.3 Å². The lowest BCUT2D eigenvalue weighted by molar-refractivity contribution is -0.125. The van der Waals surface area contributed by atoms with Crippen LogP contribution in [0.3, 0.4) is 0 Å². The number of piperidine rings is 1. The third kappa shape index (κ3) is 4.79. The van der Waals surface area contributed by atoms with Gasteiger partial charge in [0.25, 0.3) is 0 Å². The first-order valence-electron chi connectivity index (χ1n) is 10.3. The Morgan fingerprint density at radius 1 is 1.10 bits per heavy atom. The molecule has 8 nitrogen and oxygen atoms in total. The molecule has 1 saturated heterocycles. The summed E-state index contributed by atoms with van der Waals surface area (Å²) in [5.74, 6) is 1.92. The lowest BCUT2D eigenvalue weighted by Crippen LogP contribution is -2.40. The molecule has 2 aromatic carbocycles. The number of methoxy groups -OCH3 is 2. The number of carbonyl (C=O) groups excluding carboxylic acids is 1. The molecule has 1 aliphatic rings. The maximum Gasteiger partial charge on any atom is 0.318 e. The van der Waals surface area contributed by atoms with E-state index in [1.807, 2.05) is 53.4 Å². The van der Waals surface area contributed by atoms with E-state index >= 15 is 0 Å². The Balaban J connectivity index is 1.30. The first-order valence-corrected chi connectivity index (χ1v) is 10.3. The summed E-state index contributed by atoms with van der Waals surface area (Å²) >= 11 is 0. The standard InChI is InChI=1S/C23H26N4O4/c1-29-19-9-8-18(20(14-19)30-2)15-24-21(28)16-10-12-27(13-11-16)23-26-25-22(31-23)17-6-4-3-5-7-17/h3-9,14,16H,10-13,15H2,1-2H3,(H,24,28). The Labute approximate surface area is 181 Å². The van der Waals surface area contributed by atoms with Crippen LogP contribution >= 0.6 is 0 Å². The van der Waals surface area contributed by atoms with Crippen molar-refractivity contribution in [3.8, 4) is 23.0 Å². The van der Waals surface area contributed by atoms with E-state index in [2.05, 4.69) is 15.5 Å². The van der Waals surface area contributed by atoms with E-state index < -0.39 is 0 Å². The summed E-state index contributed by atoms with van der Waals surface area (Å²) < 4.78 is 16.5. The first kappa shape index (κ1) is 20.7. The first-order chi connectivity index (χ1) is 15.2. The summed E-state index contributed by atoms with van der Waals surface area (Å²) in [4.78, 5) is 14.7. The van der Waals surface area contributed by atoms with Crippen LogP contribution in [0.25, 0.3) is 11.5 Å². The summed E-state index contributed by atoms with van der Waals surface area (Å²) in [6.45, 7) is 1.80. The topological polar surface area (TPSA) is 89.7 Å². The summed E-state index contributed by atoms with van der Waals surface area (Å²) in [6, 6.07) is 15.8. The fraction of sp³-hybridized carbons (Fsp3) is 0.348. The van der Waals surface area contributed by atoms with Gasteiger partial charge in [-0.1, -0.05) is 23.3 Å². The third-order valence-electron chi connectivity index (χ3n) is 5.52. The van der Waals surface area contributed by atoms with Crippen LogP contribution in [0.1, 0.15) is 18.4 Å². The smallest absolute Gasteiger partial charge is 0.318 e. The molecule has 0 bridgehead atoms. The third-order valence-corrected chi connectivity index (χ3v) is 5.52. The Bertz CT molecular complexity index is 1010. The van der Waals surface area contributed by atoms with Crippen molar-refractivity contribution in [3.63, 3.8) is 0 Å².